The summed E-state index contributed by atoms with van der Waals surface area (Å²) in [6.45, 7) is 1.65. The Balaban J connectivity index is 1.68. The zero-order chi connectivity index (χ0) is 22.5. The Bertz CT molecular complexity index is 970. The number of carbonyl (C=O) groups is 3. The summed E-state index contributed by atoms with van der Waals surface area (Å²) in [5.41, 5.74) is 0.927. The van der Waals surface area contributed by atoms with Crippen LogP contribution in [0.25, 0.3) is 0 Å². The van der Waals surface area contributed by atoms with Crippen molar-refractivity contribution in [3.63, 3.8) is 0 Å². The van der Waals surface area contributed by atoms with Gasteiger partial charge in [-0.15, -0.1) is 0 Å². The number of Topliss-reactive ketones (excluding diaryl/α,β-unsaturated/α-hetero) is 1. The third kappa shape index (κ3) is 4.79. The lowest BCUT2D eigenvalue weighted by Crippen LogP contribution is -2.30. The molecule has 8 heteroatoms. The fourth-order valence-electron chi connectivity index (χ4n) is 3.42. The SMILES string of the molecule is COc1ccc(C(=O)[C@H](C)OC(=O)[C@H]2CC(=O)N(c3cc(OC)ccc3OC)C2)cc1. The molecule has 31 heavy (non-hydrogen) atoms. The molecule has 0 bridgehead atoms. The van der Waals surface area contributed by atoms with Gasteiger partial charge in [0.1, 0.15) is 17.2 Å². The zero-order valence-electron chi connectivity index (χ0n) is 17.9. The van der Waals surface area contributed by atoms with E-state index < -0.39 is 18.0 Å². The van der Waals surface area contributed by atoms with Gasteiger partial charge in [-0.1, -0.05) is 0 Å². The molecule has 1 aliphatic rings. The van der Waals surface area contributed by atoms with E-state index in [1.807, 2.05) is 0 Å². The van der Waals surface area contributed by atoms with E-state index in [0.717, 1.165) is 0 Å². The van der Waals surface area contributed by atoms with Gasteiger partial charge in [-0.25, -0.2) is 0 Å². The van der Waals surface area contributed by atoms with Crippen molar-refractivity contribution < 1.29 is 33.3 Å². The lowest BCUT2D eigenvalue weighted by atomic mass is 10.1. The molecule has 2 aromatic rings. The molecule has 0 saturated carbocycles. The molecule has 0 radical (unpaired) electrons. The highest BCUT2D eigenvalue weighted by atomic mass is 16.5. The van der Waals surface area contributed by atoms with Crippen molar-refractivity contribution in [2.24, 2.45) is 5.92 Å². The number of anilines is 1. The fourth-order valence-corrected chi connectivity index (χ4v) is 3.42. The van der Waals surface area contributed by atoms with E-state index in [1.54, 1.807) is 42.5 Å². The Morgan fingerprint density at radius 3 is 2.23 bits per heavy atom. The Hall–Kier alpha value is -3.55. The Morgan fingerprint density at radius 2 is 1.61 bits per heavy atom. The van der Waals surface area contributed by atoms with E-state index in [9.17, 15) is 14.4 Å². The maximum Gasteiger partial charge on any atom is 0.312 e. The highest BCUT2D eigenvalue weighted by Gasteiger charge is 2.38. The molecule has 8 nitrogen and oxygen atoms in total. The van der Waals surface area contributed by atoms with Gasteiger partial charge in [0.15, 0.2) is 6.10 Å². The molecule has 1 fully saturated rings. The average Bonchev–Trinajstić information content (AvgIpc) is 3.19. The van der Waals surface area contributed by atoms with Crippen LogP contribution in [0.5, 0.6) is 17.2 Å². The average molecular weight is 427 g/mol. The topological polar surface area (TPSA) is 91.4 Å². The van der Waals surface area contributed by atoms with Crippen LogP contribution in [0.15, 0.2) is 42.5 Å². The van der Waals surface area contributed by atoms with E-state index in [4.69, 9.17) is 18.9 Å². The van der Waals surface area contributed by atoms with Gasteiger partial charge in [-0.3, -0.25) is 14.4 Å². The maximum absolute atomic E-state index is 12.7. The lowest BCUT2D eigenvalue weighted by Gasteiger charge is -2.20. The summed E-state index contributed by atoms with van der Waals surface area (Å²) in [6.07, 6.45) is -0.987. The molecule has 0 aromatic heterocycles. The number of ketones is 1. The maximum atomic E-state index is 12.7. The predicted molar refractivity (Wildman–Crippen MR) is 113 cm³/mol. The van der Waals surface area contributed by atoms with Crippen LogP contribution >= 0.6 is 0 Å². The van der Waals surface area contributed by atoms with Crippen molar-refractivity contribution in [2.45, 2.75) is 19.4 Å². The molecule has 0 aliphatic carbocycles. The summed E-state index contributed by atoms with van der Waals surface area (Å²) in [4.78, 5) is 39.3. The number of esters is 1. The Labute approximate surface area is 180 Å². The van der Waals surface area contributed by atoms with Crippen LogP contribution in [0.4, 0.5) is 5.69 Å². The first-order chi connectivity index (χ1) is 14.9. The van der Waals surface area contributed by atoms with Gasteiger partial charge < -0.3 is 23.8 Å². The van der Waals surface area contributed by atoms with Crippen molar-refractivity contribution in [1.82, 2.24) is 0 Å². The van der Waals surface area contributed by atoms with Crippen LogP contribution in [0.2, 0.25) is 0 Å². The van der Waals surface area contributed by atoms with Gasteiger partial charge >= 0.3 is 5.97 Å². The summed E-state index contributed by atoms with van der Waals surface area (Å²) >= 11 is 0. The Morgan fingerprint density at radius 1 is 0.968 bits per heavy atom. The van der Waals surface area contributed by atoms with E-state index >= 15 is 0 Å². The third-order valence-corrected chi connectivity index (χ3v) is 5.17. The van der Waals surface area contributed by atoms with Crippen molar-refractivity contribution in [3.05, 3.63) is 48.0 Å². The van der Waals surface area contributed by atoms with Crippen molar-refractivity contribution >= 4 is 23.3 Å². The summed E-state index contributed by atoms with van der Waals surface area (Å²) in [6, 6.07) is 11.7. The molecule has 164 valence electrons. The summed E-state index contributed by atoms with van der Waals surface area (Å²) in [5, 5.41) is 0. The first kappa shape index (κ1) is 22.1. The molecule has 0 N–H and O–H groups in total. The molecule has 0 unspecified atom stereocenters. The minimum Gasteiger partial charge on any atom is -0.497 e. The number of methoxy groups -OCH3 is 3. The number of amides is 1. The van der Waals surface area contributed by atoms with E-state index in [-0.39, 0.29) is 24.7 Å². The van der Waals surface area contributed by atoms with Crippen molar-refractivity contribution in [3.8, 4) is 17.2 Å². The largest absolute Gasteiger partial charge is 0.497 e. The molecule has 3 rings (SSSR count). The molecule has 1 amide bonds. The van der Waals surface area contributed by atoms with Crippen LogP contribution in [0, 0.1) is 5.92 Å². The standard InChI is InChI=1S/C23H25NO7/c1-14(22(26)15-5-7-17(28-2)8-6-15)31-23(27)16-11-21(25)24(13-16)19-12-18(29-3)9-10-20(19)30-4/h5-10,12,14,16H,11,13H2,1-4H3/t14-,16-/m0/s1. The molecule has 1 saturated heterocycles. The lowest BCUT2D eigenvalue weighted by molar-refractivity contribution is -0.151. The van der Waals surface area contributed by atoms with Gasteiger partial charge in [-0.2, -0.15) is 0 Å². The highest BCUT2D eigenvalue weighted by molar-refractivity contribution is 6.02. The monoisotopic (exact) mass is 427 g/mol. The van der Waals surface area contributed by atoms with Crippen LogP contribution in [-0.2, 0) is 14.3 Å². The fraction of sp³-hybridized carbons (Fsp3) is 0.348. The van der Waals surface area contributed by atoms with Crippen molar-refractivity contribution in [1.29, 1.82) is 0 Å². The number of ether oxygens (including phenoxy) is 4. The second-order valence-electron chi connectivity index (χ2n) is 7.12. The van der Waals surface area contributed by atoms with E-state index in [1.165, 1.54) is 33.2 Å². The molecular weight excluding hydrogens is 402 g/mol. The first-order valence-corrected chi connectivity index (χ1v) is 9.79. The van der Waals surface area contributed by atoms with Gasteiger partial charge in [0.2, 0.25) is 11.7 Å². The van der Waals surface area contributed by atoms with Crippen LogP contribution in [0.1, 0.15) is 23.7 Å². The van der Waals surface area contributed by atoms with Gasteiger partial charge in [0, 0.05) is 24.6 Å². The highest BCUT2D eigenvalue weighted by Crippen LogP contribution is 2.36. The number of carbonyl (C=O) groups excluding carboxylic acids is 3. The van der Waals surface area contributed by atoms with Crippen molar-refractivity contribution in [2.75, 3.05) is 32.8 Å². The smallest absolute Gasteiger partial charge is 0.312 e. The number of hydrogen-bond donors (Lipinski definition) is 0. The normalized spacial score (nSPS) is 16.6. The molecule has 0 spiro atoms. The van der Waals surface area contributed by atoms with Gasteiger partial charge in [0.25, 0.3) is 0 Å². The number of rotatable bonds is 8. The predicted octanol–water partition coefficient (Wildman–Crippen LogP) is 2.88. The van der Waals surface area contributed by atoms with Crippen LogP contribution in [0.3, 0.4) is 0 Å². The second-order valence-corrected chi connectivity index (χ2v) is 7.12. The van der Waals surface area contributed by atoms with Crippen LogP contribution in [-0.4, -0.2) is 51.6 Å². The summed E-state index contributed by atoms with van der Waals surface area (Å²) in [5.74, 6) is -0.158. The number of benzene rings is 2. The summed E-state index contributed by atoms with van der Waals surface area (Å²) < 4.78 is 21.0. The molecule has 1 aliphatic heterocycles. The molecule has 1 heterocycles. The quantitative estimate of drug-likeness (QED) is 0.473. The molecule has 2 aromatic carbocycles. The van der Waals surface area contributed by atoms with E-state index in [2.05, 4.69) is 0 Å². The second kappa shape index (κ2) is 9.51. The Kier molecular flexibility index (Phi) is 6.79. The van der Waals surface area contributed by atoms with Gasteiger partial charge in [-0.05, 0) is 43.3 Å². The molecular formula is C23H25NO7. The number of nitrogens with zero attached hydrogens (tertiary/aromatic N) is 1. The summed E-state index contributed by atoms with van der Waals surface area (Å²) in [7, 11) is 4.57. The first-order valence-electron chi connectivity index (χ1n) is 9.79. The molecule has 2 atom stereocenters. The number of hydrogen-bond acceptors (Lipinski definition) is 7. The minimum absolute atomic E-state index is 0.0113. The van der Waals surface area contributed by atoms with Gasteiger partial charge in [0.05, 0.1) is 32.9 Å². The third-order valence-electron chi connectivity index (χ3n) is 5.17. The minimum atomic E-state index is -0.976. The van der Waals surface area contributed by atoms with E-state index in [0.29, 0.717) is 28.5 Å². The van der Waals surface area contributed by atoms with Crippen LogP contribution < -0.4 is 19.1 Å². The zero-order valence-corrected chi connectivity index (χ0v) is 17.9.